The zero-order valence-corrected chi connectivity index (χ0v) is 19.9. The minimum Gasteiger partial charge on any atom is -0.459 e. The molecule has 0 aliphatic carbocycles. The van der Waals surface area contributed by atoms with Gasteiger partial charge in [0.25, 0.3) is 0 Å². The molecule has 0 N–H and O–H groups in total. The number of nitrogens with zero attached hydrogens (tertiary/aromatic N) is 3. The number of furan rings is 1. The molecule has 0 aliphatic rings. The Bertz CT molecular complexity index is 1460. The molecule has 5 aromatic rings. The lowest BCUT2D eigenvalue weighted by Crippen LogP contribution is -2.12. The van der Waals surface area contributed by atoms with Gasteiger partial charge in [0.1, 0.15) is 17.6 Å². The van der Waals surface area contributed by atoms with Gasteiger partial charge in [0.05, 0.1) is 11.4 Å². The normalized spacial score (nSPS) is 12.2. The number of aromatic nitrogens is 3. The zero-order valence-electron chi connectivity index (χ0n) is 19.9. The van der Waals surface area contributed by atoms with Crippen molar-refractivity contribution >= 4 is 21.9 Å². The summed E-state index contributed by atoms with van der Waals surface area (Å²) in [5.74, 6) is 1.51. The van der Waals surface area contributed by atoms with Crippen LogP contribution < -0.4 is 0 Å². The quantitative estimate of drug-likeness (QED) is 0.292. The van der Waals surface area contributed by atoms with Crippen LogP contribution in [0, 0.1) is 5.92 Å². The van der Waals surface area contributed by atoms with Crippen molar-refractivity contribution in [3.63, 3.8) is 0 Å². The number of hydrogen-bond donors (Lipinski definition) is 0. The summed E-state index contributed by atoms with van der Waals surface area (Å²) in [6, 6.07) is 19.1. The average molecular weight is 436 g/mol. The van der Waals surface area contributed by atoms with E-state index in [0.29, 0.717) is 5.92 Å². The molecule has 0 unspecified atom stereocenters. The first-order valence-corrected chi connectivity index (χ1v) is 11.5. The molecule has 3 heterocycles. The number of fused-ring (bicyclic) bond motifs is 2. The van der Waals surface area contributed by atoms with Gasteiger partial charge in [-0.25, -0.2) is 9.97 Å². The minimum atomic E-state index is 0.0212. The SMILES string of the molecule is CC(C)Cc1cc2ncc(-c3cc(-c4cc(C(C)(C)C)c5ccccc5c4)ncn3)cc2o1. The maximum absolute atomic E-state index is 6.05. The first-order chi connectivity index (χ1) is 15.8. The Balaban J connectivity index is 1.58. The van der Waals surface area contributed by atoms with Gasteiger partial charge in [-0.3, -0.25) is 4.98 Å². The molecule has 0 atom stereocenters. The van der Waals surface area contributed by atoms with Gasteiger partial charge in [-0.1, -0.05) is 58.9 Å². The molecule has 0 saturated heterocycles. The fraction of sp³-hybridized carbons (Fsp3) is 0.276. The maximum atomic E-state index is 6.05. The van der Waals surface area contributed by atoms with E-state index in [-0.39, 0.29) is 5.41 Å². The third-order valence-electron chi connectivity index (χ3n) is 5.96. The van der Waals surface area contributed by atoms with Crippen molar-refractivity contribution in [3.8, 4) is 22.5 Å². The molecule has 2 aromatic carbocycles. The smallest absolute Gasteiger partial charge is 0.153 e. The Morgan fingerprint density at radius 2 is 1.61 bits per heavy atom. The molecule has 4 nitrogen and oxygen atoms in total. The van der Waals surface area contributed by atoms with E-state index in [1.165, 1.54) is 16.3 Å². The van der Waals surface area contributed by atoms with Crippen LogP contribution in [0.2, 0.25) is 0 Å². The molecule has 4 heteroatoms. The average Bonchev–Trinajstić information content (AvgIpc) is 3.18. The molecule has 166 valence electrons. The lowest BCUT2D eigenvalue weighted by Gasteiger charge is -2.22. The van der Waals surface area contributed by atoms with Gasteiger partial charge >= 0.3 is 0 Å². The van der Waals surface area contributed by atoms with Crippen molar-refractivity contribution in [2.45, 2.75) is 46.5 Å². The number of hydrogen-bond acceptors (Lipinski definition) is 4. The van der Waals surface area contributed by atoms with Crippen molar-refractivity contribution in [2.24, 2.45) is 5.92 Å². The van der Waals surface area contributed by atoms with Crippen LogP contribution in [0.15, 0.2) is 71.5 Å². The molecule has 0 aliphatic heterocycles. The highest BCUT2D eigenvalue weighted by Gasteiger charge is 2.19. The highest BCUT2D eigenvalue weighted by atomic mass is 16.3. The summed E-state index contributed by atoms with van der Waals surface area (Å²) in [6.45, 7) is 11.1. The number of rotatable bonds is 4. The second-order valence-electron chi connectivity index (χ2n) is 10.2. The second-order valence-corrected chi connectivity index (χ2v) is 10.2. The summed E-state index contributed by atoms with van der Waals surface area (Å²) in [5.41, 5.74) is 6.76. The van der Waals surface area contributed by atoms with Gasteiger partial charge in [-0.15, -0.1) is 0 Å². The van der Waals surface area contributed by atoms with Crippen LogP contribution in [-0.4, -0.2) is 15.0 Å². The molecule has 5 rings (SSSR count). The Morgan fingerprint density at radius 1 is 0.848 bits per heavy atom. The molecular formula is C29H29N3O. The third-order valence-corrected chi connectivity index (χ3v) is 5.96. The highest BCUT2D eigenvalue weighted by molar-refractivity contribution is 5.91. The largest absolute Gasteiger partial charge is 0.459 e. The van der Waals surface area contributed by atoms with Crippen LogP contribution in [0.4, 0.5) is 0 Å². The van der Waals surface area contributed by atoms with Crippen LogP contribution in [0.25, 0.3) is 44.4 Å². The molecule has 0 spiro atoms. The van der Waals surface area contributed by atoms with Crippen molar-refractivity contribution in [3.05, 3.63) is 78.4 Å². The summed E-state index contributed by atoms with van der Waals surface area (Å²) in [6.07, 6.45) is 4.40. The minimum absolute atomic E-state index is 0.0212. The Kier molecular flexibility index (Phi) is 5.24. The molecular weight excluding hydrogens is 406 g/mol. The summed E-state index contributed by atoms with van der Waals surface area (Å²) >= 11 is 0. The number of pyridine rings is 1. The summed E-state index contributed by atoms with van der Waals surface area (Å²) in [5, 5.41) is 2.50. The molecule has 0 fully saturated rings. The fourth-order valence-corrected chi connectivity index (χ4v) is 4.36. The standard InChI is InChI=1S/C29H29N3O/c1-18(2)10-22-14-27-28(33-22)13-21(16-30-27)26-15-25(31-17-32-26)20-11-19-8-6-7-9-23(19)24(12-20)29(3,4)5/h6-9,11-18H,10H2,1-5H3. The van der Waals surface area contributed by atoms with Gasteiger partial charge in [0.15, 0.2) is 5.58 Å². The van der Waals surface area contributed by atoms with E-state index in [4.69, 9.17) is 4.42 Å². The van der Waals surface area contributed by atoms with Crippen LogP contribution >= 0.6 is 0 Å². The van der Waals surface area contributed by atoms with Crippen LogP contribution in [-0.2, 0) is 11.8 Å². The van der Waals surface area contributed by atoms with Crippen molar-refractivity contribution in [2.75, 3.05) is 0 Å². The van der Waals surface area contributed by atoms with Gasteiger partial charge in [-0.2, -0.15) is 0 Å². The van der Waals surface area contributed by atoms with Crippen LogP contribution in [0.3, 0.4) is 0 Å². The van der Waals surface area contributed by atoms with Gasteiger partial charge in [0.2, 0.25) is 0 Å². The molecule has 33 heavy (non-hydrogen) atoms. The summed E-state index contributed by atoms with van der Waals surface area (Å²) < 4.78 is 6.05. The molecule has 0 saturated carbocycles. The third kappa shape index (κ3) is 4.25. The summed E-state index contributed by atoms with van der Waals surface area (Å²) in [7, 11) is 0. The fourth-order valence-electron chi connectivity index (χ4n) is 4.36. The molecule has 0 radical (unpaired) electrons. The molecule has 3 aromatic heterocycles. The Hall–Kier alpha value is -3.53. The number of benzene rings is 2. The van der Waals surface area contributed by atoms with Gasteiger partial charge in [-0.05, 0) is 51.9 Å². The van der Waals surface area contributed by atoms with E-state index < -0.39 is 0 Å². The first kappa shape index (κ1) is 21.3. The van der Waals surface area contributed by atoms with E-state index >= 15 is 0 Å². The highest BCUT2D eigenvalue weighted by Crippen LogP contribution is 2.35. The van der Waals surface area contributed by atoms with Gasteiger partial charge < -0.3 is 4.42 Å². The first-order valence-electron chi connectivity index (χ1n) is 11.5. The monoisotopic (exact) mass is 435 g/mol. The predicted octanol–water partition coefficient (Wildman–Crippen LogP) is 7.60. The lowest BCUT2D eigenvalue weighted by atomic mass is 9.82. The van der Waals surface area contributed by atoms with Crippen molar-refractivity contribution in [1.82, 2.24) is 15.0 Å². The van der Waals surface area contributed by atoms with Crippen LogP contribution in [0.1, 0.15) is 45.9 Å². The lowest BCUT2D eigenvalue weighted by molar-refractivity contribution is 0.500. The van der Waals surface area contributed by atoms with E-state index in [1.54, 1.807) is 6.33 Å². The topological polar surface area (TPSA) is 51.8 Å². The zero-order chi connectivity index (χ0) is 23.2. The van der Waals surface area contributed by atoms with Crippen LogP contribution in [0.5, 0.6) is 0 Å². The van der Waals surface area contributed by atoms with E-state index in [2.05, 4.69) is 86.0 Å². The van der Waals surface area contributed by atoms with Gasteiger partial charge in [0, 0.05) is 29.8 Å². The van der Waals surface area contributed by atoms with Crippen molar-refractivity contribution in [1.29, 1.82) is 0 Å². The molecule has 0 amide bonds. The maximum Gasteiger partial charge on any atom is 0.153 e. The summed E-state index contributed by atoms with van der Waals surface area (Å²) in [4.78, 5) is 13.8. The Labute approximate surface area is 194 Å². The predicted molar refractivity (Wildman–Crippen MR) is 135 cm³/mol. The second kappa shape index (κ2) is 8.11. The molecule has 0 bridgehead atoms. The van der Waals surface area contributed by atoms with E-state index in [1.807, 2.05) is 24.4 Å². The van der Waals surface area contributed by atoms with E-state index in [9.17, 15) is 0 Å². The van der Waals surface area contributed by atoms with E-state index in [0.717, 1.165) is 45.8 Å². The Morgan fingerprint density at radius 3 is 2.36 bits per heavy atom. The van der Waals surface area contributed by atoms with Crippen molar-refractivity contribution < 1.29 is 4.42 Å².